The quantitative estimate of drug-likeness (QED) is 0.864. The summed E-state index contributed by atoms with van der Waals surface area (Å²) in [5.41, 5.74) is 0.496. The van der Waals surface area contributed by atoms with Gasteiger partial charge in [0.2, 0.25) is 10.0 Å². The standard InChI is InChI=1S/C14H15NO3S2/c1-10(14-4-3-9-19-14)15-20(17,18)13-7-5-12(6-8-13)11(2)16/h3-10,15H,1-2H3. The van der Waals surface area contributed by atoms with E-state index >= 15 is 0 Å². The van der Waals surface area contributed by atoms with E-state index in [9.17, 15) is 13.2 Å². The lowest BCUT2D eigenvalue weighted by molar-refractivity contribution is 0.101. The molecule has 0 radical (unpaired) electrons. The maximum atomic E-state index is 12.2. The smallest absolute Gasteiger partial charge is 0.241 e. The molecule has 0 aliphatic carbocycles. The molecule has 0 spiro atoms. The Kier molecular flexibility index (Phi) is 4.37. The first-order chi connectivity index (χ1) is 9.40. The van der Waals surface area contributed by atoms with Crippen LogP contribution in [0, 0.1) is 0 Å². The third kappa shape index (κ3) is 3.33. The fourth-order valence-corrected chi connectivity index (χ4v) is 3.80. The van der Waals surface area contributed by atoms with Gasteiger partial charge in [0.15, 0.2) is 5.78 Å². The Morgan fingerprint density at radius 3 is 2.35 bits per heavy atom. The summed E-state index contributed by atoms with van der Waals surface area (Å²) in [5.74, 6) is -0.0890. The Labute approximate surface area is 122 Å². The van der Waals surface area contributed by atoms with Gasteiger partial charge in [0.1, 0.15) is 0 Å². The molecule has 106 valence electrons. The van der Waals surface area contributed by atoms with Gasteiger partial charge < -0.3 is 0 Å². The lowest BCUT2D eigenvalue weighted by Gasteiger charge is -2.13. The molecule has 0 fully saturated rings. The van der Waals surface area contributed by atoms with Crippen LogP contribution in [0.3, 0.4) is 0 Å². The van der Waals surface area contributed by atoms with Crippen molar-refractivity contribution < 1.29 is 13.2 Å². The van der Waals surface area contributed by atoms with Gasteiger partial charge in [-0.3, -0.25) is 4.79 Å². The SMILES string of the molecule is CC(=O)c1ccc(S(=O)(=O)NC(C)c2cccs2)cc1. The van der Waals surface area contributed by atoms with E-state index in [4.69, 9.17) is 0 Å². The predicted octanol–water partition coefficient (Wildman–Crippen LogP) is 2.99. The zero-order valence-electron chi connectivity index (χ0n) is 11.2. The first-order valence-corrected chi connectivity index (χ1v) is 8.43. The zero-order chi connectivity index (χ0) is 14.8. The van der Waals surface area contributed by atoms with Crippen molar-refractivity contribution in [2.45, 2.75) is 24.8 Å². The molecule has 2 aromatic rings. The van der Waals surface area contributed by atoms with E-state index in [2.05, 4.69) is 4.72 Å². The third-order valence-electron chi connectivity index (χ3n) is 2.87. The number of thiophene rings is 1. The average molecular weight is 309 g/mol. The average Bonchev–Trinajstić information content (AvgIpc) is 2.92. The van der Waals surface area contributed by atoms with Gasteiger partial charge >= 0.3 is 0 Å². The van der Waals surface area contributed by atoms with Gasteiger partial charge in [0, 0.05) is 10.4 Å². The Morgan fingerprint density at radius 2 is 1.85 bits per heavy atom. The molecule has 1 N–H and O–H groups in total. The van der Waals surface area contributed by atoms with E-state index in [1.54, 1.807) is 6.92 Å². The maximum Gasteiger partial charge on any atom is 0.241 e. The van der Waals surface area contributed by atoms with Crippen LogP contribution in [0.1, 0.15) is 35.1 Å². The second-order valence-corrected chi connectivity index (χ2v) is 7.13. The number of ketones is 1. The molecule has 0 aliphatic rings. The maximum absolute atomic E-state index is 12.2. The first-order valence-electron chi connectivity index (χ1n) is 6.07. The molecule has 20 heavy (non-hydrogen) atoms. The van der Waals surface area contributed by atoms with Crippen LogP contribution in [0.25, 0.3) is 0 Å². The molecule has 0 saturated carbocycles. The lowest BCUT2D eigenvalue weighted by atomic mass is 10.2. The summed E-state index contributed by atoms with van der Waals surface area (Å²) in [6.45, 7) is 3.24. The second-order valence-electron chi connectivity index (χ2n) is 4.44. The van der Waals surface area contributed by atoms with E-state index in [0.29, 0.717) is 5.56 Å². The van der Waals surface area contributed by atoms with Crippen LogP contribution in [-0.4, -0.2) is 14.2 Å². The minimum absolute atomic E-state index is 0.0890. The number of carbonyl (C=O) groups is 1. The van der Waals surface area contributed by atoms with Gasteiger partial charge in [-0.2, -0.15) is 0 Å². The Bertz CT molecular complexity index is 689. The van der Waals surface area contributed by atoms with Crippen LogP contribution in [0.4, 0.5) is 0 Å². The molecule has 1 atom stereocenters. The number of Topliss-reactive ketones (excluding diaryl/α,β-unsaturated/α-hetero) is 1. The number of benzene rings is 1. The minimum atomic E-state index is -3.58. The monoisotopic (exact) mass is 309 g/mol. The Hall–Kier alpha value is -1.50. The van der Waals surface area contributed by atoms with Gasteiger partial charge in [0.25, 0.3) is 0 Å². The summed E-state index contributed by atoms with van der Waals surface area (Å²) in [6.07, 6.45) is 0. The first kappa shape index (κ1) is 14.9. The molecule has 0 aliphatic heterocycles. The molecule has 2 rings (SSSR count). The molecule has 1 heterocycles. The predicted molar refractivity (Wildman–Crippen MR) is 79.5 cm³/mol. The number of sulfonamides is 1. The van der Waals surface area contributed by atoms with Crippen molar-refractivity contribution in [2.75, 3.05) is 0 Å². The van der Waals surface area contributed by atoms with Crippen LogP contribution in [0.15, 0.2) is 46.7 Å². The number of rotatable bonds is 5. The third-order valence-corrected chi connectivity index (χ3v) is 5.48. The van der Waals surface area contributed by atoms with Crippen molar-refractivity contribution in [3.8, 4) is 0 Å². The normalized spacial score (nSPS) is 13.1. The van der Waals surface area contributed by atoms with Crippen molar-refractivity contribution in [2.24, 2.45) is 0 Å². The number of nitrogens with one attached hydrogen (secondary N) is 1. The fourth-order valence-electron chi connectivity index (χ4n) is 1.77. The van der Waals surface area contributed by atoms with Crippen LogP contribution in [-0.2, 0) is 10.0 Å². The van der Waals surface area contributed by atoms with E-state index in [-0.39, 0.29) is 16.7 Å². The van der Waals surface area contributed by atoms with Gasteiger partial charge in [-0.05, 0) is 37.4 Å². The fraction of sp³-hybridized carbons (Fsp3) is 0.214. The highest BCUT2D eigenvalue weighted by Crippen LogP contribution is 2.21. The van der Waals surface area contributed by atoms with Gasteiger partial charge in [-0.15, -0.1) is 11.3 Å². The van der Waals surface area contributed by atoms with Gasteiger partial charge in [-0.1, -0.05) is 18.2 Å². The molecule has 0 amide bonds. The van der Waals surface area contributed by atoms with Crippen molar-refractivity contribution in [3.05, 3.63) is 52.2 Å². The molecule has 4 nitrogen and oxygen atoms in total. The summed E-state index contributed by atoms with van der Waals surface area (Å²) < 4.78 is 27.1. The van der Waals surface area contributed by atoms with Crippen LogP contribution >= 0.6 is 11.3 Å². The molecule has 6 heteroatoms. The van der Waals surface area contributed by atoms with Gasteiger partial charge in [-0.25, -0.2) is 13.1 Å². The summed E-state index contributed by atoms with van der Waals surface area (Å²) >= 11 is 1.50. The van der Waals surface area contributed by atoms with Crippen LogP contribution in [0.2, 0.25) is 0 Å². The second kappa shape index (κ2) is 5.87. The minimum Gasteiger partial charge on any atom is -0.295 e. The van der Waals surface area contributed by atoms with Crippen molar-refractivity contribution >= 4 is 27.1 Å². The van der Waals surface area contributed by atoms with Crippen molar-refractivity contribution in [3.63, 3.8) is 0 Å². The molecule has 1 unspecified atom stereocenters. The Morgan fingerprint density at radius 1 is 1.20 bits per heavy atom. The topological polar surface area (TPSA) is 63.2 Å². The highest BCUT2D eigenvalue weighted by molar-refractivity contribution is 7.89. The highest BCUT2D eigenvalue weighted by atomic mass is 32.2. The summed E-state index contributed by atoms with van der Waals surface area (Å²) in [4.78, 5) is 12.3. The number of carbonyl (C=O) groups excluding carboxylic acids is 1. The lowest BCUT2D eigenvalue weighted by Crippen LogP contribution is -2.26. The molecule has 1 aromatic heterocycles. The van der Waals surface area contributed by atoms with E-state index in [0.717, 1.165) is 4.88 Å². The van der Waals surface area contributed by atoms with Crippen molar-refractivity contribution in [1.82, 2.24) is 4.72 Å². The highest BCUT2D eigenvalue weighted by Gasteiger charge is 2.18. The van der Waals surface area contributed by atoms with E-state index in [1.165, 1.54) is 42.5 Å². The Balaban J connectivity index is 2.20. The zero-order valence-corrected chi connectivity index (χ0v) is 12.8. The molecular formula is C14H15NO3S2. The van der Waals surface area contributed by atoms with Crippen LogP contribution < -0.4 is 4.72 Å². The van der Waals surface area contributed by atoms with Gasteiger partial charge in [0.05, 0.1) is 10.9 Å². The largest absolute Gasteiger partial charge is 0.295 e. The number of hydrogen-bond donors (Lipinski definition) is 1. The van der Waals surface area contributed by atoms with E-state index in [1.807, 2.05) is 17.5 Å². The summed E-state index contributed by atoms with van der Waals surface area (Å²) in [5, 5.41) is 1.90. The molecule has 1 aromatic carbocycles. The summed E-state index contributed by atoms with van der Waals surface area (Å²) in [7, 11) is -3.58. The van der Waals surface area contributed by atoms with E-state index < -0.39 is 10.0 Å². The van der Waals surface area contributed by atoms with Crippen LogP contribution in [0.5, 0.6) is 0 Å². The number of hydrogen-bond acceptors (Lipinski definition) is 4. The molecule has 0 bridgehead atoms. The molecular weight excluding hydrogens is 294 g/mol. The summed E-state index contributed by atoms with van der Waals surface area (Å²) in [6, 6.07) is 9.41. The van der Waals surface area contributed by atoms with Crippen molar-refractivity contribution in [1.29, 1.82) is 0 Å². The molecule has 0 saturated heterocycles.